The van der Waals surface area contributed by atoms with Crippen LogP contribution in [0.2, 0.25) is 0 Å². The maximum absolute atomic E-state index is 12.4. The molecule has 2 aromatic carbocycles. The number of benzene rings is 2. The van der Waals surface area contributed by atoms with Gasteiger partial charge in [0.25, 0.3) is 0 Å². The fourth-order valence-corrected chi connectivity index (χ4v) is 3.88. The first kappa shape index (κ1) is 24.6. The van der Waals surface area contributed by atoms with Crippen molar-refractivity contribution in [2.24, 2.45) is 4.99 Å². The van der Waals surface area contributed by atoms with Crippen molar-refractivity contribution in [2.45, 2.75) is 31.4 Å². The lowest BCUT2D eigenvalue weighted by Gasteiger charge is -2.18. The first-order valence-electron chi connectivity index (χ1n) is 10.1. The van der Waals surface area contributed by atoms with Gasteiger partial charge in [-0.3, -0.25) is 4.99 Å². The largest absolute Gasteiger partial charge is 0.489 e. The highest BCUT2D eigenvalue weighted by atomic mass is 32.2. The highest BCUT2D eigenvalue weighted by Crippen LogP contribution is 2.14. The Hall–Kier alpha value is -2.62. The second kappa shape index (κ2) is 12.3. The third-order valence-corrected chi connectivity index (χ3v) is 5.83. The molecular weight excluding hydrogens is 416 g/mol. The number of hydrogen-bond donors (Lipinski definition) is 3. The summed E-state index contributed by atoms with van der Waals surface area (Å²) < 4.78 is 38.0. The zero-order chi connectivity index (χ0) is 22.7. The standard InChI is InChI=1S/C22H32N4O4S/c1-17-7-5-9-20(13-17)30-18(2)15-24-22(23-3)25-16-19-8-6-10-21(14-19)31(27,28)26-11-12-29-4/h5-10,13-14,18,26H,11-12,15-16H2,1-4H3,(H2,23,24,25). The monoisotopic (exact) mass is 448 g/mol. The highest BCUT2D eigenvalue weighted by molar-refractivity contribution is 7.89. The molecule has 2 aromatic rings. The van der Waals surface area contributed by atoms with E-state index in [2.05, 4.69) is 20.3 Å². The smallest absolute Gasteiger partial charge is 0.240 e. The van der Waals surface area contributed by atoms with Crippen LogP contribution in [0.1, 0.15) is 18.1 Å². The minimum Gasteiger partial charge on any atom is -0.489 e. The predicted octanol–water partition coefficient (Wildman–Crippen LogP) is 2.05. The fraction of sp³-hybridized carbons (Fsp3) is 0.409. The molecule has 0 spiro atoms. The lowest BCUT2D eigenvalue weighted by molar-refractivity contribution is 0.204. The Kier molecular flexibility index (Phi) is 9.77. The van der Waals surface area contributed by atoms with Gasteiger partial charge in [-0.15, -0.1) is 0 Å². The van der Waals surface area contributed by atoms with Gasteiger partial charge in [0.1, 0.15) is 11.9 Å². The van der Waals surface area contributed by atoms with E-state index in [-0.39, 0.29) is 17.5 Å². The molecule has 1 unspecified atom stereocenters. The highest BCUT2D eigenvalue weighted by Gasteiger charge is 2.14. The molecule has 170 valence electrons. The summed E-state index contributed by atoms with van der Waals surface area (Å²) in [5.41, 5.74) is 1.97. The van der Waals surface area contributed by atoms with Gasteiger partial charge < -0.3 is 20.1 Å². The molecule has 0 fully saturated rings. The summed E-state index contributed by atoms with van der Waals surface area (Å²) in [6.07, 6.45) is -0.0630. The van der Waals surface area contributed by atoms with E-state index >= 15 is 0 Å². The first-order chi connectivity index (χ1) is 14.8. The molecule has 0 heterocycles. The Bertz CT molecular complexity index is 963. The van der Waals surface area contributed by atoms with Gasteiger partial charge in [-0.05, 0) is 49.2 Å². The van der Waals surface area contributed by atoms with Crippen molar-refractivity contribution < 1.29 is 17.9 Å². The number of ether oxygens (including phenoxy) is 2. The summed E-state index contributed by atoms with van der Waals surface area (Å²) in [7, 11) is -0.366. The Morgan fingerprint density at radius 2 is 1.90 bits per heavy atom. The molecule has 0 saturated heterocycles. The first-order valence-corrected chi connectivity index (χ1v) is 11.6. The van der Waals surface area contributed by atoms with Crippen LogP contribution in [0.25, 0.3) is 0 Å². The summed E-state index contributed by atoms with van der Waals surface area (Å²) in [6.45, 7) is 5.53. The SMILES string of the molecule is CN=C(NCc1cccc(S(=O)(=O)NCCOC)c1)NCC(C)Oc1cccc(C)c1. The van der Waals surface area contributed by atoms with Gasteiger partial charge in [0, 0.05) is 27.2 Å². The topological polar surface area (TPSA) is 101 Å². The van der Waals surface area contributed by atoms with Gasteiger partial charge in [0.05, 0.1) is 18.0 Å². The molecule has 8 nitrogen and oxygen atoms in total. The van der Waals surface area contributed by atoms with Gasteiger partial charge in [-0.1, -0.05) is 24.3 Å². The number of rotatable bonds is 11. The molecule has 0 saturated carbocycles. The van der Waals surface area contributed by atoms with Crippen molar-refractivity contribution >= 4 is 16.0 Å². The third kappa shape index (κ3) is 8.56. The van der Waals surface area contributed by atoms with Crippen molar-refractivity contribution in [3.05, 3.63) is 59.7 Å². The molecule has 0 bridgehead atoms. The van der Waals surface area contributed by atoms with Crippen molar-refractivity contribution in [1.29, 1.82) is 0 Å². The number of hydrogen-bond acceptors (Lipinski definition) is 5. The summed E-state index contributed by atoms with van der Waals surface area (Å²) in [6, 6.07) is 14.7. The minimum atomic E-state index is -3.57. The second-order valence-corrected chi connectivity index (χ2v) is 8.86. The van der Waals surface area contributed by atoms with Crippen LogP contribution in [0, 0.1) is 6.92 Å². The Labute approximate surface area is 185 Å². The van der Waals surface area contributed by atoms with Gasteiger partial charge in [0.15, 0.2) is 5.96 Å². The maximum atomic E-state index is 12.4. The summed E-state index contributed by atoms with van der Waals surface area (Å²) in [5.74, 6) is 1.43. The van der Waals surface area contributed by atoms with Crippen LogP contribution in [0.3, 0.4) is 0 Å². The molecule has 1 atom stereocenters. The molecule has 0 aliphatic rings. The number of aryl methyl sites for hydroxylation is 1. The Balaban J connectivity index is 1.86. The Morgan fingerprint density at radius 3 is 2.61 bits per heavy atom. The van der Waals surface area contributed by atoms with Crippen LogP contribution in [0.5, 0.6) is 5.75 Å². The quantitative estimate of drug-likeness (QED) is 0.276. The molecule has 0 aromatic heterocycles. The maximum Gasteiger partial charge on any atom is 0.240 e. The number of sulfonamides is 1. The summed E-state index contributed by atoms with van der Waals surface area (Å²) in [5, 5.41) is 6.42. The van der Waals surface area contributed by atoms with Crippen molar-refractivity contribution in [3.63, 3.8) is 0 Å². The lowest BCUT2D eigenvalue weighted by atomic mass is 10.2. The third-order valence-electron chi connectivity index (χ3n) is 4.37. The van der Waals surface area contributed by atoms with Gasteiger partial charge >= 0.3 is 0 Å². The van der Waals surface area contributed by atoms with E-state index in [1.165, 1.54) is 7.11 Å². The Morgan fingerprint density at radius 1 is 1.13 bits per heavy atom. The number of guanidine groups is 1. The average Bonchev–Trinajstić information content (AvgIpc) is 2.74. The average molecular weight is 449 g/mol. The van der Waals surface area contributed by atoms with Crippen molar-refractivity contribution in [2.75, 3.05) is 33.9 Å². The van der Waals surface area contributed by atoms with Crippen LogP contribution in [0.15, 0.2) is 58.4 Å². The van der Waals surface area contributed by atoms with Crippen molar-refractivity contribution in [3.8, 4) is 5.75 Å². The van der Waals surface area contributed by atoms with Crippen LogP contribution in [-0.4, -0.2) is 54.3 Å². The van der Waals surface area contributed by atoms with E-state index in [0.717, 1.165) is 16.9 Å². The number of methoxy groups -OCH3 is 1. The number of nitrogens with zero attached hydrogens (tertiary/aromatic N) is 1. The van der Waals surface area contributed by atoms with Crippen LogP contribution >= 0.6 is 0 Å². The molecule has 0 aliphatic heterocycles. The second-order valence-electron chi connectivity index (χ2n) is 7.09. The van der Waals surface area contributed by atoms with E-state index in [0.29, 0.717) is 25.7 Å². The molecule has 0 amide bonds. The van der Waals surface area contributed by atoms with E-state index in [9.17, 15) is 8.42 Å². The van der Waals surface area contributed by atoms with Gasteiger partial charge in [0.2, 0.25) is 10.0 Å². The van der Waals surface area contributed by atoms with Crippen LogP contribution in [-0.2, 0) is 21.3 Å². The molecular formula is C22H32N4O4S. The minimum absolute atomic E-state index is 0.0630. The fourth-order valence-electron chi connectivity index (χ4n) is 2.79. The molecule has 2 rings (SSSR count). The normalized spacial score (nSPS) is 13.0. The van der Waals surface area contributed by atoms with Crippen LogP contribution < -0.4 is 20.1 Å². The van der Waals surface area contributed by atoms with E-state index in [1.54, 1.807) is 25.2 Å². The molecule has 31 heavy (non-hydrogen) atoms. The molecule has 0 aliphatic carbocycles. The number of aliphatic imine (C=N–C) groups is 1. The van der Waals surface area contributed by atoms with Gasteiger partial charge in [-0.25, -0.2) is 13.1 Å². The van der Waals surface area contributed by atoms with Gasteiger partial charge in [-0.2, -0.15) is 0 Å². The predicted molar refractivity (Wildman–Crippen MR) is 123 cm³/mol. The molecule has 3 N–H and O–H groups in total. The zero-order valence-electron chi connectivity index (χ0n) is 18.5. The summed E-state index contributed by atoms with van der Waals surface area (Å²) in [4.78, 5) is 4.43. The number of nitrogens with one attached hydrogen (secondary N) is 3. The zero-order valence-corrected chi connectivity index (χ0v) is 19.3. The van der Waals surface area contributed by atoms with Crippen LogP contribution in [0.4, 0.5) is 0 Å². The van der Waals surface area contributed by atoms with E-state index in [4.69, 9.17) is 9.47 Å². The van der Waals surface area contributed by atoms with Crippen molar-refractivity contribution in [1.82, 2.24) is 15.4 Å². The summed E-state index contributed by atoms with van der Waals surface area (Å²) >= 11 is 0. The molecule has 9 heteroatoms. The van der Waals surface area contributed by atoms with E-state index < -0.39 is 10.0 Å². The molecule has 0 radical (unpaired) electrons. The van der Waals surface area contributed by atoms with E-state index in [1.807, 2.05) is 44.2 Å². The lowest BCUT2D eigenvalue weighted by Crippen LogP contribution is -2.41.